The van der Waals surface area contributed by atoms with Crippen LogP contribution in [0.1, 0.15) is 26.3 Å². The molecule has 0 aromatic heterocycles. The van der Waals surface area contributed by atoms with Gasteiger partial charge in [-0.05, 0) is 54.8 Å². The molecule has 1 atom stereocenters. The highest BCUT2D eigenvalue weighted by Crippen LogP contribution is 2.22. The summed E-state index contributed by atoms with van der Waals surface area (Å²) in [7, 11) is 0. The number of hydrogen-bond acceptors (Lipinski definition) is 4. The van der Waals surface area contributed by atoms with E-state index in [1.54, 1.807) is 6.21 Å². The molecule has 2 aromatic carbocycles. The summed E-state index contributed by atoms with van der Waals surface area (Å²) in [4.78, 5) is 13.1. The van der Waals surface area contributed by atoms with Crippen LogP contribution in [0.5, 0.6) is 5.75 Å². The van der Waals surface area contributed by atoms with Gasteiger partial charge in [-0.1, -0.05) is 32.0 Å². The van der Waals surface area contributed by atoms with E-state index in [0.717, 1.165) is 16.2 Å². The molecule has 0 unspecified atom stereocenters. The lowest BCUT2D eigenvalue weighted by atomic mass is 10.2. The van der Waals surface area contributed by atoms with E-state index in [1.807, 2.05) is 61.5 Å². The molecule has 0 saturated carbocycles. The largest absolute Gasteiger partial charge is 0.493 e. The topological polar surface area (TPSA) is 50.7 Å². The molecule has 0 saturated heterocycles. The van der Waals surface area contributed by atoms with E-state index in [4.69, 9.17) is 4.74 Å². The lowest BCUT2D eigenvalue weighted by Crippen LogP contribution is -2.26. The molecular formula is C20H24N2O2S. The molecule has 0 aliphatic carbocycles. The van der Waals surface area contributed by atoms with E-state index >= 15 is 0 Å². The average Bonchev–Trinajstić information content (AvgIpc) is 2.61. The van der Waals surface area contributed by atoms with E-state index in [0.29, 0.717) is 12.5 Å². The molecule has 0 bridgehead atoms. The second-order valence-corrected chi connectivity index (χ2v) is 7.50. The lowest BCUT2D eigenvalue weighted by molar-refractivity contribution is -0.120. The van der Waals surface area contributed by atoms with Crippen molar-refractivity contribution in [3.8, 4) is 5.75 Å². The summed E-state index contributed by atoms with van der Waals surface area (Å²) in [5, 5.41) is 3.81. The smallest absolute Gasteiger partial charge is 0.253 e. The number of nitrogens with zero attached hydrogens (tertiary/aromatic N) is 1. The van der Waals surface area contributed by atoms with Crippen molar-refractivity contribution in [2.45, 2.75) is 30.9 Å². The number of hydrogen-bond donors (Lipinski definition) is 1. The first-order chi connectivity index (χ1) is 12.0. The summed E-state index contributed by atoms with van der Waals surface area (Å²) in [6, 6.07) is 17.5. The zero-order valence-electron chi connectivity index (χ0n) is 14.8. The third kappa shape index (κ3) is 7.01. The van der Waals surface area contributed by atoms with Crippen molar-refractivity contribution in [3.63, 3.8) is 0 Å². The van der Waals surface area contributed by atoms with Gasteiger partial charge in [0.05, 0.1) is 18.1 Å². The summed E-state index contributed by atoms with van der Waals surface area (Å²) in [6.45, 7) is 6.78. The Morgan fingerprint density at radius 2 is 1.80 bits per heavy atom. The molecule has 1 N–H and O–H groups in total. The zero-order chi connectivity index (χ0) is 18.1. The molecule has 5 heteroatoms. The van der Waals surface area contributed by atoms with Crippen molar-refractivity contribution >= 4 is 23.9 Å². The van der Waals surface area contributed by atoms with Gasteiger partial charge in [0.15, 0.2) is 0 Å². The number of thioether (sulfide) groups is 1. The number of amides is 1. The number of carbonyl (C=O) groups excluding carboxylic acids is 1. The van der Waals surface area contributed by atoms with E-state index in [1.165, 1.54) is 11.8 Å². The van der Waals surface area contributed by atoms with Crippen LogP contribution in [0.25, 0.3) is 0 Å². The first-order valence-corrected chi connectivity index (χ1v) is 9.20. The van der Waals surface area contributed by atoms with Crippen molar-refractivity contribution in [1.29, 1.82) is 0 Å². The van der Waals surface area contributed by atoms with Crippen LogP contribution in [0.4, 0.5) is 0 Å². The molecule has 25 heavy (non-hydrogen) atoms. The van der Waals surface area contributed by atoms with Crippen LogP contribution >= 0.6 is 11.8 Å². The Labute approximate surface area is 153 Å². The van der Waals surface area contributed by atoms with Gasteiger partial charge in [-0.2, -0.15) is 5.10 Å². The Kier molecular flexibility index (Phi) is 7.54. The summed E-state index contributed by atoms with van der Waals surface area (Å²) in [5.41, 5.74) is 3.49. The van der Waals surface area contributed by atoms with Crippen LogP contribution in [-0.2, 0) is 4.79 Å². The molecule has 0 spiro atoms. The number of ether oxygens (including phenoxy) is 1. The Morgan fingerprint density at radius 3 is 2.44 bits per heavy atom. The second-order valence-electron chi connectivity index (χ2n) is 6.08. The fourth-order valence-electron chi connectivity index (χ4n) is 1.93. The first-order valence-electron chi connectivity index (χ1n) is 8.32. The maximum Gasteiger partial charge on any atom is 0.253 e. The van der Waals surface area contributed by atoms with Crippen LogP contribution in [0.2, 0.25) is 0 Å². The molecule has 0 radical (unpaired) electrons. The second kappa shape index (κ2) is 9.89. The van der Waals surface area contributed by atoms with Crippen molar-refractivity contribution in [3.05, 3.63) is 60.2 Å². The minimum Gasteiger partial charge on any atom is -0.493 e. The van der Waals surface area contributed by atoms with Crippen LogP contribution in [0.15, 0.2) is 64.6 Å². The van der Waals surface area contributed by atoms with Gasteiger partial charge < -0.3 is 4.74 Å². The van der Waals surface area contributed by atoms with Crippen LogP contribution < -0.4 is 10.2 Å². The average molecular weight is 356 g/mol. The van der Waals surface area contributed by atoms with Gasteiger partial charge in [0.2, 0.25) is 0 Å². The monoisotopic (exact) mass is 356 g/mol. The van der Waals surface area contributed by atoms with E-state index < -0.39 is 0 Å². The van der Waals surface area contributed by atoms with Gasteiger partial charge in [0.25, 0.3) is 5.91 Å². The lowest BCUT2D eigenvalue weighted by Gasteiger charge is -2.09. The first kappa shape index (κ1) is 19.1. The quantitative estimate of drug-likeness (QED) is 0.434. The molecule has 0 fully saturated rings. The molecule has 2 rings (SSSR count). The van der Waals surface area contributed by atoms with Gasteiger partial charge in [0, 0.05) is 4.90 Å². The molecule has 0 aliphatic heterocycles. The predicted octanol–water partition coefficient (Wildman–Crippen LogP) is 4.35. The molecule has 0 heterocycles. The summed E-state index contributed by atoms with van der Waals surface area (Å²) < 4.78 is 5.64. The number of carbonyl (C=O) groups is 1. The van der Waals surface area contributed by atoms with Crippen molar-refractivity contribution in [2.24, 2.45) is 11.0 Å². The Morgan fingerprint density at radius 1 is 1.12 bits per heavy atom. The third-order valence-electron chi connectivity index (χ3n) is 3.28. The van der Waals surface area contributed by atoms with E-state index in [2.05, 4.69) is 24.4 Å². The number of benzene rings is 2. The summed E-state index contributed by atoms with van der Waals surface area (Å²) >= 11 is 1.51. The van der Waals surface area contributed by atoms with Crippen molar-refractivity contribution < 1.29 is 9.53 Å². The number of hydrazone groups is 1. The number of nitrogens with one attached hydrogen (secondary N) is 1. The molecule has 0 aliphatic rings. The summed E-state index contributed by atoms with van der Waals surface area (Å²) in [6.07, 6.45) is 1.63. The minimum atomic E-state index is -0.216. The molecule has 2 aromatic rings. The zero-order valence-corrected chi connectivity index (χ0v) is 15.6. The number of rotatable bonds is 8. The highest BCUT2D eigenvalue weighted by atomic mass is 32.2. The Balaban J connectivity index is 1.80. The Hall–Kier alpha value is -2.27. The van der Waals surface area contributed by atoms with Crippen molar-refractivity contribution in [1.82, 2.24) is 5.43 Å². The molecule has 4 nitrogen and oxygen atoms in total. The van der Waals surface area contributed by atoms with Crippen molar-refractivity contribution in [2.75, 3.05) is 6.61 Å². The maximum atomic E-state index is 12.1. The normalized spacial score (nSPS) is 12.3. The third-order valence-corrected chi connectivity index (χ3v) is 4.39. The fourth-order valence-corrected chi connectivity index (χ4v) is 2.81. The van der Waals surface area contributed by atoms with Crippen LogP contribution in [0.3, 0.4) is 0 Å². The maximum absolute atomic E-state index is 12.1. The van der Waals surface area contributed by atoms with Gasteiger partial charge in [-0.3, -0.25) is 4.79 Å². The van der Waals surface area contributed by atoms with Gasteiger partial charge in [-0.15, -0.1) is 11.8 Å². The fraction of sp³-hybridized carbons (Fsp3) is 0.300. The highest BCUT2D eigenvalue weighted by Gasteiger charge is 2.13. The Bertz CT molecular complexity index is 685. The van der Waals surface area contributed by atoms with Gasteiger partial charge in [-0.25, -0.2) is 5.43 Å². The molecular weight excluding hydrogens is 332 g/mol. The van der Waals surface area contributed by atoms with E-state index in [-0.39, 0.29) is 11.2 Å². The SMILES string of the molecule is CC(C)COc1ccc(/C=N\NC(=O)[C@H](C)Sc2ccccc2)cc1. The van der Waals surface area contributed by atoms with Gasteiger partial charge in [0.1, 0.15) is 5.75 Å². The minimum absolute atomic E-state index is 0.123. The van der Waals surface area contributed by atoms with E-state index in [9.17, 15) is 4.79 Å². The van der Waals surface area contributed by atoms with Crippen LogP contribution in [0, 0.1) is 5.92 Å². The predicted molar refractivity (Wildman–Crippen MR) is 104 cm³/mol. The standard InChI is InChI=1S/C20H24N2O2S/c1-15(2)14-24-18-11-9-17(10-12-18)13-21-22-20(23)16(3)25-19-7-5-4-6-8-19/h4-13,15-16H,14H2,1-3H3,(H,22,23)/b21-13-/t16-/m0/s1. The van der Waals surface area contributed by atoms with Gasteiger partial charge >= 0.3 is 0 Å². The molecule has 1 amide bonds. The molecule has 132 valence electrons. The summed E-state index contributed by atoms with van der Waals surface area (Å²) in [5.74, 6) is 1.21. The van der Waals surface area contributed by atoms with Crippen LogP contribution in [-0.4, -0.2) is 24.0 Å². The highest BCUT2D eigenvalue weighted by molar-refractivity contribution is 8.00.